The van der Waals surface area contributed by atoms with Gasteiger partial charge in [-0.25, -0.2) is 0 Å². The van der Waals surface area contributed by atoms with E-state index in [0.717, 1.165) is 38.3 Å². The Balaban J connectivity index is 0.00000400. The molecule has 4 nitrogen and oxygen atoms in total. The molecule has 0 heterocycles. The molecule has 0 aromatic heterocycles. The predicted octanol–water partition coefficient (Wildman–Crippen LogP) is 2.85. The summed E-state index contributed by atoms with van der Waals surface area (Å²) >= 11 is 1.84. The molecule has 0 radical (unpaired) electrons. The highest BCUT2D eigenvalue weighted by Gasteiger charge is 2.35. The summed E-state index contributed by atoms with van der Waals surface area (Å²) in [6, 6.07) is 0. The molecule has 1 fully saturated rings. The van der Waals surface area contributed by atoms with Crippen molar-refractivity contribution in [3.8, 4) is 0 Å². The Morgan fingerprint density at radius 3 is 2.57 bits per heavy atom. The smallest absolute Gasteiger partial charge is 0.191 e. The lowest BCUT2D eigenvalue weighted by Gasteiger charge is -2.39. The van der Waals surface area contributed by atoms with Crippen molar-refractivity contribution in [3.05, 3.63) is 0 Å². The van der Waals surface area contributed by atoms with E-state index in [1.54, 1.807) is 7.05 Å². The van der Waals surface area contributed by atoms with E-state index in [0.29, 0.717) is 0 Å². The SMILES string of the molecule is CN=C(NCC(C)(C)SC)NCC1(C)CCCCC1O.I. The number of nitrogens with one attached hydrogen (secondary N) is 2. The van der Waals surface area contributed by atoms with Gasteiger partial charge in [-0.3, -0.25) is 4.99 Å². The number of halogens is 1. The summed E-state index contributed by atoms with van der Waals surface area (Å²) in [6.45, 7) is 8.23. The Hall–Kier alpha value is 0.310. The third-order valence-corrected chi connectivity index (χ3v) is 5.65. The van der Waals surface area contributed by atoms with Crippen molar-refractivity contribution < 1.29 is 5.11 Å². The van der Waals surface area contributed by atoms with Gasteiger partial charge in [0.15, 0.2) is 5.96 Å². The maximum atomic E-state index is 10.2. The lowest BCUT2D eigenvalue weighted by Crippen LogP contribution is -2.50. The van der Waals surface area contributed by atoms with Crippen molar-refractivity contribution in [2.24, 2.45) is 10.4 Å². The lowest BCUT2D eigenvalue weighted by molar-refractivity contribution is 0.00397. The van der Waals surface area contributed by atoms with E-state index < -0.39 is 0 Å². The molecular formula is C15H32IN3OS. The summed E-state index contributed by atoms with van der Waals surface area (Å²) in [6.07, 6.45) is 6.27. The van der Waals surface area contributed by atoms with Crippen molar-refractivity contribution >= 4 is 41.7 Å². The van der Waals surface area contributed by atoms with E-state index in [1.165, 1.54) is 6.42 Å². The van der Waals surface area contributed by atoms with Crippen LogP contribution in [0.5, 0.6) is 0 Å². The second-order valence-corrected chi connectivity index (χ2v) is 8.17. The average Bonchev–Trinajstić information content (AvgIpc) is 2.42. The summed E-state index contributed by atoms with van der Waals surface area (Å²) in [5.41, 5.74) is -0.0368. The molecule has 1 aliphatic carbocycles. The van der Waals surface area contributed by atoms with E-state index >= 15 is 0 Å². The summed E-state index contributed by atoms with van der Waals surface area (Å²) < 4.78 is 0.186. The standard InChI is InChI=1S/C15H31N3OS.HI/c1-14(2,20-5)10-17-13(16-4)18-11-15(3)9-7-6-8-12(15)19;/h12,19H,6-11H2,1-5H3,(H2,16,17,18);1H. The Labute approximate surface area is 151 Å². The first kappa shape index (κ1) is 21.3. The van der Waals surface area contributed by atoms with Crippen molar-refractivity contribution in [3.63, 3.8) is 0 Å². The minimum Gasteiger partial charge on any atom is -0.392 e. The molecule has 2 atom stereocenters. The second kappa shape index (κ2) is 9.45. The van der Waals surface area contributed by atoms with Gasteiger partial charge in [0.2, 0.25) is 0 Å². The molecule has 21 heavy (non-hydrogen) atoms. The molecule has 0 aliphatic heterocycles. The first-order valence-corrected chi connectivity index (χ1v) is 8.73. The summed E-state index contributed by atoms with van der Waals surface area (Å²) in [7, 11) is 1.79. The van der Waals surface area contributed by atoms with Crippen LogP contribution in [0.15, 0.2) is 4.99 Å². The number of rotatable bonds is 5. The number of nitrogens with zero attached hydrogens (tertiary/aromatic N) is 1. The van der Waals surface area contributed by atoms with Crippen LogP contribution < -0.4 is 10.6 Å². The largest absolute Gasteiger partial charge is 0.392 e. The minimum atomic E-state index is -0.204. The fourth-order valence-corrected chi connectivity index (χ4v) is 2.68. The monoisotopic (exact) mass is 429 g/mol. The van der Waals surface area contributed by atoms with Gasteiger partial charge in [0.25, 0.3) is 0 Å². The molecule has 1 saturated carbocycles. The van der Waals surface area contributed by atoms with E-state index in [-0.39, 0.29) is 40.2 Å². The molecule has 0 aromatic carbocycles. The Morgan fingerprint density at radius 1 is 1.38 bits per heavy atom. The molecule has 0 bridgehead atoms. The number of guanidine groups is 1. The Kier molecular flexibility index (Phi) is 9.59. The van der Waals surface area contributed by atoms with Gasteiger partial charge in [0.1, 0.15) is 0 Å². The number of hydrogen-bond donors (Lipinski definition) is 3. The van der Waals surface area contributed by atoms with Crippen LogP contribution >= 0.6 is 35.7 Å². The summed E-state index contributed by atoms with van der Waals surface area (Å²) in [5, 5.41) is 17.0. The quantitative estimate of drug-likeness (QED) is 0.358. The van der Waals surface area contributed by atoms with Crippen LogP contribution in [0.1, 0.15) is 46.5 Å². The topological polar surface area (TPSA) is 56.7 Å². The van der Waals surface area contributed by atoms with E-state index in [2.05, 4.69) is 42.7 Å². The fraction of sp³-hybridized carbons (Fsp3) is 0.933. The van der Waals surface area contributed by atoms with Crippen LogP contribution in [-0.4, -0.2) is 48.3 Å². The van der Waals surface area contributed by atoms with Crippen LogP contribution in [0.4, 0.5) is 0 Å². The third kappa shape index (κ3) is 6.95. The highest BCUT2D eigenvalue weighted by atomic mass is 127. The predicted molar refractivity (Wildman–Crippen MR) is 105 cm³/mol. The molecule has 126 valence electrons. The van der Waals surface area contributed by atoms with E-state index in [4.69, 9.17) is 0 Å². The van der Waals surface area contributed by atoms with Gasteiger partial charge in [-0.05, 0) is 32.9 Å². The number of thioether (sulfide) groups is 1. The second-order valence-electron chi connectivity index (χ2n) is 6.66. The molecule has 0 spiro atoms. The number of aliphatic imine (C=N–C) groups is 1. The van der Waals surface area contributed by atoms with Crippen molar-refractivity contribution in [2.45, 2.75) is 57.3 Å². The van der Waals surface area contributed by atoms with Gasteiger partial charge in [0.05, 0.1) is 6.10 Å². The van der Waals surface area contributed by atoms with Crippen LogP contribution in [0, 0.1) is 5.41 Å². The molecule has 1 rings (SSSR count). The van der Waals surface area contributed by atoms with Gasteiger partial charge in [-0.15, -0.1) is 24.0 Å². The van der Waals surface area contributed by atoms with Crippen LogP contribution in [0.2, 0.25) is 0 Å². The molecule has 0 aromatic rings. The van der Waals surface area contributed by atoms with E-state index in [9.17, 15) is 5.11 Å². The molecular weight excluding hydrogens is 397 g/mol. The van der Waals surface area contributed by atoms with Crippen LogP contribution in [0.25, 0.3) is 0 Å². The van der Waals surface area contributed by atoms with Crippen molar-refractivity contribution in [2.75, 3.05) is 26.4 Å². The Bertz CT molecular complexity index is 339. The van der Waals surface area contributed by atoms with Gasteiger partial charge < -0.3 is 15.7 Å². The molecule has 3 N–H and O–H groups in total. The first-order valence-electron chi connectivity index (χ1n) is 7.51. The number of hydrogen-bond acceptors (Lipinski definition) is 3. The fourth-order valence-electron chi connectivity index (χ4n) is 2.46. The Morgan fingerprint density at radius 2 is 2.05 bits per heavy atom. The van der Waals surface area contributed by atoms with Crippen LogP contribution in [-0.2, 0) is 0 Å². The van der Waals surface area contributed by atoms with Crippen LogP contribution in [0.3, 0.4) is 0 Å². The van der Waals surface area contributed by atoms with Crippen molar-refractivity contribution in [1.82, 2.24) is 10.6 Å². The molecule has 6 heteroatoms. The molecule has 0 amide bonds. The highest BCUT2D eigenvalue weighted by molar-refractivity contribution is 14.0. The number of aliphatic hydroxyl groups is 1. The zero-order chi connectivity index (χ0) is 15.2. The zero-order valence-electron chi connectivity index (χ0n) is 14.0. The normalized spacial score (nSPS) is 27.0. The van der Waals surface area contributed by atoms with Gasteiger partial charge >= 0.3 is 0 Å². The third-order valence-electron chi connectivity index (χ3n) is 4.40. The van der Waals surface area contributed by atoms with E-state index in [1.807, 2.05) is 11.8 Å². The van der Waals surface area contributed by atoms with Gasteiger partial charge in [-0.1, -0.05) is 19.8 Å². The molecule has 1 aliphatic rings. The maximum absolute atomic E-state index is 10.2. The zero-order valence-corrected chi connectivity index (χ0v) is 17.2. The minimum absolute atomic E-state index is 0. The summed E-state index contributed by atoms with van der Waals surface area (Å²) in [4.78, 5) is 4.27. The molecule has 0 saturated heterocycles. The number of aliphatic hydroxyl groups excluding tert-OH is 1. The van der Waals surface area contributed by atoms with Gasteiger partial charge in [0, 0.05) is 30.3 Å². The summed E-state index contributed by atoms with van der Waals surface area (Å²) in [5.74, 6) is 0.825. The average molecular weight is 429 g/mol. The lowest BCUT2D eigenvalue weighted by atomic mass is 9.73. The maximum Gasteiger partial charge on any atom is 0.191 e. The van der Waals surface area contributed by atoms with Gasteiger partial charge in [-0.2, -0.15) is 11.8 Å². The van der Waals surface area contributed by atoms with Crippen molar-refractivity contribution in [1.29, 1.82) is 0 Å². The molecule has 2 unspecified atom stereocenters. The highest BCUT2D eigenvalue weighted by Crippen LogP contribution is 2.35. The first-order chi connectivity index (χ1) is 9.33.